The van der Waals surface area contributed by atoms with Crippen LogP contribution in [0.2, 0.25) is 5.02 Å². The monoisotopic (exact) mass is 561 g/mol. The van der Waals surface area contributed by atoms with Gasteiger partial charge in [-0.2, -0.15) is 0 Å². The van der Waals surface area contributed by atoms with Crippen LogP contribution in [-0.4, -0.2) is 67.1 Å². The van der Waals surface area contributed by atoms with Gasteiger partial charge in [-0.05, 0) is 55.0 Å². The molecule has 2 amide bonds. The second-order valence-electron chi connectivity index (χ2n) is 9.78. The number of amides is 2. The van der Waals surface area contributed by atoms with Crippen molar-refractivity contribution >= 4 is 49.9 Å². The van der Waals surface area contributed by atoms with E-state index in [4.69, 9.17) is 11.6 Å². The minimum Gasteiger partial charge on any atom is -0.350 e. The van der Waals surface area contributed by atoms with Crippen LogP contribution in [0.15, 0.2) is 42.6 Å². The molecule has 0 saturated carbocycles. The summed E-state index contributed by atoms with van der Waals surface area (Å²) in [6.07, 6.45) is 4.95. The van der Waals surface area contributed by atoms with E-state index >= 15 is 0 Å². The zero-order valence-electron chi connectivity index (χ0n) is 21.2. The van der Waals surface area contributed by atoms with Crippen molar-refractivity contribution in [3.63, 3.8) is 0 Å². The molecule has 1 aromatic heterocycles. The molecule has 0 spiro atoms. The van der Waals surface area contributed by atoms with Crippen LogP contribution in [0.4, 0.5) is 4.39 Å². The molecule has 3 aromatic rings. The number of aryl methyl sites for hydroxylation is 1. The quantitative estimate of drug-likeness (QED) is 0.335. The second kappa shape index (κ2) is 11.2. The molecule has 8 nitrogen and oxygen atoms in total. The van der Waals surface area contributed by atoms with Gasteiger partial charge in [-0.1, -0.05) is 23.7 Å². The van der Waals surface area contributed by atoms with E-state index in [1.54, 1.807) is 40.8 Å². The van der Waals surface area contributed by atoms with Crippen molar-refractivity contribution in [2.75, 3.05) is 31.6 Å². The summed E-state index contributed by atoms with van der Waals surface area (Å²) in [5.41, 5.74) is 1.99. The van der Waals surface area contributed by atoms with Gasteiger partial charge >= 0.3 is 0 Å². The largest absolute Gasteiger partial charge is 0.350 e. The van der Waals surface area contributed by atoms with E-state index in [2.05, 4.69) is 5.32 Å². The molecule has 2 aromatic carbocycles. The van der Waals surface area contributed by atoms with Gasteiger partial charge in [0.15, 0.2) is 0 Å². The average molecular weight is 562 g/mol. The van der Waals surface area contributed by atoms with E-state index in [1.165, 1.54) is 18.3 Å². The van der Waals surface area contributed by atoms with Gasteiger partial charge < -0.3 is 14.8 Å². The average Bonchev–Trinajstić information content (AvgIpc) is 3.18. The van der Waals surface area contributed by atoms with Crippen LogP contribution in [-0.2, 0) is 28.1 Å². The van der Waals surface area contributed by atoms with Crippen molar-refractivity contribution in [3.05, 3.63) is 70.1 Å². The Morgan fingerprint density at radius 2 is 1.74 bits per heavy atom. The van der Waals surface area contributed by atoms with Gasteiger partial charge in [-0.25, -0.2) is 12.8 Å². The van der Waals surface area contributed by atoms with E-state index < -0.39 is 21.5 Å². The molecular weight excluding hydrogens is 533 g/mol. The first-order valence-corrected chi connectivity index (χ1v) is 14.7. The van der Waals surface area contributed by atoms with Crippen LogP contribution < -0.4 is 5.32 Å². The van der Waals surface area contributed by atoms with Crippen LogP contribution in [0.25, 0.3) is 10.9 Å². The van der Waals surface area contributed by atoms with Gasteiger partial charge in [0, 0.05) is 44.5 Å². The van der Waals surface area contributed by atoms with E-state index in [-0.39, 0.29) is 40.2 Å². The number of Topliss-reactive ketones (excluding diaryl/α,β-unsaturated/α-hetero) is 1. The molecule has 11 heteroatoms. The van der Waals surface area contributed by atoms with Gasteiger partial charge in [0.05, 0.1) is 27.4 Å². The van der Waals surface area contributed by atoms with Gasteiger partial charge in [0.2, 0.25) is 0 Å². The number of hydrogen-bond acceptors (Lipinski definition) is 5. The number of likely N-dealkylation sites (tertiary alicyclic amines) is 1. The predicted molar refractivity (Wildman–Crippen MR) is 144 cm³/mol. The third kappa shape index (κ3) is 6.42. The first-order chi connectivity index (χ1) is 17.9. The lowest BCUT2D eigenvalue weighted by molar-refractivity contribution is -0.116. The number of carbonyl (C=O) groups excluding carboxylic acids is 3. The van der Waals surface area contributed by atoms with Crippen molar-refractivity contribution in [1.29, 1.82) is 0 Å². The number of ketones is 1. The Morgan fingerprint density at radius 3 is 2.37 bits per heavy atom. The Bertz CT molecular complexity index is 1490. The fourth-order valence-electron chi connectivity index (χ4n) is 4.76. The molecule has 1 N–H and O–H groups in total. The molecule has 4 rings (SSSR count). The number of hydrogen-bond donors (Lipinski definition) is 1. The minimum atomic E-state index is -3.29. The summed E-state index contributed by atoms with van der Waals surface area (Å²) in [5, 5.41) is 3.00. The van der Waals surface area contributed by atoms with Crippen LogP contribution in [0.1, 0.15) is 39.1 Å². The smallest absolute Gasteiger partial charge is 0.292 e. The van der Waals surface area contributed by atoms with Crippen LogP contribution in [0, 0.1) is 11.7 Å². The highest BCUT2D eigenvalue weighted by Gasteiger charge is 2.27. The van der Waals surface area contributed by atoms with E-state index in [0.29, 0.717) is 29.9 Å². The number of benzene rings is 2. The number of sulfone groups is 1. The summed E-state index contributed by atoms with van der Waals surface area (Å²) in [7, 11) is -1.59. The van der Waals surface area contributed by atoms with Crippen LogP contribution in [0.5, 0.6) is 0 Å². The number of rotatable bonds is 8. The summed E-state index contributed by atoms with van der Waals surface area (Å²) in [5.74, 6) is -2.17. The Labute approximate surface area is 225 Å². The van der Waals surface area contributed by atoms with Crippen LogP contribution >= 0.6 is 11.6 Å². The third-order valence-electron chi connectivity index (χ3n) is 6.86. The Hall–Kier alpha value is -3.24. The van der Waals surface area contributed by atoms with Gasteiger partial charge in [0.25, 0.3) is 17.6 Å². The first kappa shape index (κ1) is 27.8. The lowest BCUT2D eigenvalue weighted by Gasteiger charge is -2.32. The number of aromatic nitrogens is 1. The molecule has 1 aliphatic heterocycles. The summed E-state index contributed by atoms with van der Waals surface area (Å²) in [6.45, 7) is 0.908. The first-order valence-electron chi connectivity index (χ1n) is 12.3. The van der Waals surface area contributed by atoms with Gasteiger partial charge in [0.1, 0.15) is 15.7 Å². The maximum absolute atomic E-state index is 13.4. The van der Waals surface area contributed by atoms with Crippen molar-refractivity contribution in [2.24, 2.45) is 13.0 Å². The second-order valence-corrected chi connectivity index (χ2v) is 12.5. The Kier molecular flexibility index (Phi) is 8.22. The molecule has 1 fully saturated rings. The molecule has 0 bridgehead atoms. The molecule has 0 aliphatic carbocycles. The molecule has 2 heterocycles. The van der Waals surface area contributed by atoms with E-state index in [0.717, 1.165) is 31.1 Å². The SMILES string of the molecule is Cn1cc(C(=O)C(=O)NCCS(C)(=O)=O)c2cc(C(=O)N3CCC(Cc4ccc(F)cc4)CC3)c(Cl)cc21. The molecule has 202 valence electrons. The number of fused-ring (bicyclic) bond motifs is 1. The Morgan fingerprint density at radius 1 is 1.08 bits per heavy atom. The molecule has 0 radical (unpaired) electrons. The third-order valence-corrected chi connectivity index (χ3v) is 8.12. The maximum Gasteiger partial charge on any atom is 0.292 e. The van der Waals surface area contributed by atoms with E-state index in [1.807, 2.05) is 0 Å². The van der Waals surface area contributed by atoms with Crippen molar-refractivity contribution in [1.82, 2.24) is 14.8 Å². The fraction of sp³-hybridized carbons (Fsp3) is 0.370. The molecular formula is C27H29ClFN3O5S. The highest BCUT2D eigenvalue weighted by molar-refractivity contribution is 7.90. The standard InChI is InChI=1S/C27H29ClFN3O5S/c1-31-16-22(25(33)26(34)30-9-12-38(2,36)37)20-14-21(23(28)15-24(20)31)27(35)32-10-7-18(8-11-32)13-17-3-5-19(29)6-4-17/h3-6,14-16,18H,7-13H2,1-2H3,(H,30,34). The summed E-state index contributed by atoms with van der Waals surface area (Å²) in [6, 6.07) is 9.62. The zero-order chi connectivity index (χ0) is 27.6. The number of nitrogens with one attached hydrogen (secondary N) is 1. The minimum absolute atomic E-state index is 0.100. The summed E-state index contributed by atoms with van der Waals surface area (Å²) < 4.78 is 37.4. The van der Waals surface area contributed by atoms with Gasteiger partial charge in [-0.3, -0.25) is 14.4 Å². The lowest BCUT2D eigenvalue weighted by atomic mass is 9.90. The normalized spacial score (nSPS) is 14.6. The highest BCUT2D eigenvalue weighted by Crippen LogP contribution is 2.30. The number of carbonyl (C=O) groups is 3. The molecule has 38 heavy (non-hydrogen) atoms. The number of halogens is 2. The molecule has 1 aliphatic rings. The highest BCUT2D eigenvalue weighted by atomic mass is 35.5. The molecule has 0 unspecified atom stereocenters. The number of piperidine rings is 1. The van der Waals surface area contributed by atoms with Crippen molar-refractivity contribution < 1.29 is 27.2 Å². The topological polar surface area (TPSA) is 106 Å². The zero-order valence-corrected chi connectivity index (χ0v) is 22.7. The fourth-order valence-corrected chi connectivity index (χ4v) is 5.48. The van der Waals surface area contributed by atoms with Crippen LogP contribution in [0.3, 0.4) is 0 Å². The van der Waals surface area contributed by atoms with E-state index in [9.17, 15) is 27.2 Å². The molecule has 0 atom stereocenters. The van der Waals surface area contributed by atoms with Crippen molar-refractivity contribution in [3.8, 4) is 0 Å². The lowest BCUT2D eigenvalue weighted by Crippen LogP contribution is -2.39. The summed E-state index contributed by atoms with van der Waals surface area (Å²) in [4.78, 5) is 40.4. The van der Waals surface area contributed by atoms with Gasteiger partial charge in [-0.15, -0.1) is 0 Å². The predicted octanol–water partition coefficient (Wildman–Crippen LogP) is 3.41. The number of nitrogens with zero attached hydrogens (tertiary/aromatic N) is 2. The Balaban J connectivity index is 1.48. The molecule has 1 saturated heterocycles. The summed E-state index contributed by atoms with van der Waals surface area (Å²) >= 11 is 6.49. The maximum atomic E-state index is 13.4. The van der Waals surface area contributed by atoms with Crippen molar-refractivity contribution in [2.45, 2.75) is 19.3 Å².